The summed E-state index contributed by atoms with van der Waals surface area (Å²) in [6, 6.07) is 15.9. The number of oxime groups is 2. The molecule has 2 aromatic rings. The highest BCUT2D eigenvalue weighted by atomic mass is 16.5. The lowest BCUT2D eigenvalue weighted by Gasteiger charge is -2.08. The lowest BCUT2D eigenvalue weighted by molar-refractivity contribution is 0.314. The van der Waals surface area contributed by atoms with Gasteiger partial charge in [0.15, 0.2) is 0 Å². The second-order valence-electron chi connectivity index (χ2n) is 3.99. The van der Waals surface area contributed by atoms with Crippen molar-refractivity contribution in [3.05, 3.63) is 65.7 Å². The molecule has 0 heterocycles. The zero-order valence-electron chi connectivity index (χ0n) is 10.9. The molecule has 2 aromatic carbocycles. The summed E-state index contributed by atoms with van der Waals surface area (Å²) in [6.45, 7) is 0. The number of benzene rings is 2. The second kappa shape index (κ2) is 6.38. The molecule has 0 saturated heterocycles. The van der Waals surface area contributed by atoms with Gasteiger partial charge in [0.05, 0.1) is 7.11 Å². The van der Waals surface area contributed by atoms with Crippen molar-refractivity contribution in [2.45, 2.75) is 0 Å². The Bertz CT molecular complexity index is 619. The summed E-state index contributed by atoms with van der Waals surface area (Å²) < 4.78 is 5.07. The van der Waals surface area contributed by atoms with Crippen molar-refractivity contribution in [3.8, 4) is 5.75 Å². The van der Waals surface area contributed by atoms with Crippen LogP contribution in [0.3, 0.4) is 0 Å². The fourth-order valence-corrected chi connectivity index (χ4v) is 1.83. The monoisotopic (exact) mass is 270 g/mol. The van der Waals surface area contributed by atoms with Crippen LogP contribution in [-0.2, 0) is 0 Å². The molecule has 0 bridgehead atoms. The molecule has 5 heteroatoms. The van der Waals surface area contributed by atoms with Gasteiger partial charge in [0.1, 0.15) is 17.2 Å². The van der Waals surface area contributed by atoms with Gasteiger partial charge < -0.3 is 15.2 Å². The molecule has 0 radical (unpaired) electrons. The molecule has 5 nitrogen and oxygen atoms in total. The van der Waals surface area contributed by atoms with Crippen molar-refractivity contribution in [1.82, 2.24) is 0 Å². The summed E-state index contributed by atoms with van der Waals surface area (Å²) in [6.07, 6.45) is 0. The van der Waals surface area contributed by atoms with Crippen molar-refractivity contribution >= 4 is 11.4 Å². The summed E-state index contributed by atoms with van der Waals surface area (Å²) >= 11 is 0. The number of ether oxygens (including phenoxy) is 1. The Balaban J connectivity index is 2.41. The van der Waals surface area contributed by atoms with Gasteiger partial charge in [-0.2, -0.15) is 0 Å². The lowest BCUT2D eigenvalue weighted by atomic mass is 10.00. The van der Waals surface area contributed by atoms with Crippen molar-refractivity contribution in [2.24, 2.45) is 10.3 Å². The van der Waals surface area contributed by atoms with Crippen LogP contribution < -0.4 is 4.74 Å². The Morgan fingerprint density at radius 1 is 0.800 bits per heavy atom. The third-order valence-electron chi connectivity index (χ3n) is 2.83. The summed E-state index contributed by atoms with van der Waals surface area (Å²) in [4.78, 5) is 0. The fraction of sp³-hybridized carbons (Fsp3) is 0.0667. The Morgan fingerprint density at radius 2 is 1.30 bits per heavy atom. The molecule has 0 unspecified atom stereocenters. The first-order valence-corrected chi connectivity index (χ1v) is 5.94. The van der Waals surface area contributed by atoms with Gasteiger partial charge in [0.25, 0.3) is 0 Å². The van der Waals surface area contributed by atoms with Gasteiger partial charge in [-0.15, -0.1) is 0 Å². The lowest BCUT2D eigenvalue weighted by Crippen LogP contribution is -2.17. The zero-order chi connectivity index (χ0) is 14.4. The minimum Gasteiger partial charge on any atom is -0.497 e. The summed E-state index contributed by atoms with van der Waals surface area (Å²) in [7, 11) is 1.57. The van der Waals surface area contributed by atoms with Gasteiger partial charge in [-0.3, -0.25) is 0 Å². The quantitative estimate of drug-likeness (QED) is 0.509. The predicted molar refractivity (Wildman–Crippen MR) is 76.1 cm³/mol. The van der Waals surface area contributed by atoms with Crippen LogP contribution in [0.4, 0.5) is 0 Å². The van der Waals surface area contributed by atoms with Crippen molar-refractivity contribution in [2.75, 3.05) is 7.11 Å². The van der Waals surface area contributed by atoms with Gasteiger partial charge >= 0.3 is 0 Å². The van der Waals surface area contributed by atoms with Crippen LogP contribution in [0.1, 0.15) is 11.1 Å². The SMILES string of the molecule is COc1ccc(C(=N\O)/C(=N\O)c2ccccc2)cc1. The molecule has 0 saturated carbocycles. The first-order chi connectivity index (χ1) is 9.80. The number of hydrogen-bond donors (Lipinski definition) is 2. The Morgan fingerprint density at radius 3 is 1.75 bits per heavy atom. The largest absolute Gasteiger partial charge is 0.497 e. The van der Waals surface area contributed by atoms with E-state index in [-0.39, 0.29) is 11.4 Å². The summed E-state index contributed by atoms with van der Waals surface area (Å²) in [5.41, 5.74) is 1.64. The fourth-order valence-electron chi connectivity index (χ4n) is 1.83. The first kappa shape index (κ1) is 13.6. The second-order valence-corrected chi connectivity index (χ2v) is 3.99. The summed E-state index contributed by atoms with van der Waals surface area (Å²) in [5.74, 6) is 0.688. The van der Waals surface area contributed by atoms with Crippen LogP contribution in [0, 0.1) is 0 Å². The Kier molecular flexibility index (Phi) is 4.34. The van der Waals surface area contributed by atoms with Crippen LogP contribution in [-0.4, -0.2) is 28.9 Å². The molecule has 2 rings (SSSR count). The van der Waals surface area contributed by atoms with E-state index >= 15 is 0 Å². The van der Waals surface area contributed by atoms with E-state index in [4.69, 9.17) is 4.74 Å². The topological polar surface area (TPSA) is 74.4 Å². The van der Waals surface area contributed by atoms with Crippen LogP contribution >= 0.6 is 0 Å². The van der Waals surface area contributed by atoms with E-state index in [2.05, 4.69) is 10.3 Å². The number of hydrogen-bond acceptors (Lipinski definition) is 5. The van der Waals surface area contributed by atoms with Gasteiger partial charge in [-0.05, 0) is 24.3 Å². The molecule has 20 heavy (non-hydrogen) atoms. The molecule has 0 aliphatic heterocycles. The molecule has 102 valence electrons. The highest BCUT2D eigenvalue weighted by Gasteiger charge is 2.15. The molecular weight excluding hydrogens is 256 g/mol. The first-order valence-electron chi connectivity index (χ1n) is 5.94. The molecule has 2 N–H and O–H groups in total. The number of methoxy groups -OCH3 is 1. The van der Waals surface area contributed by atoms with E-state index < -0.39 is 0 Å². The molecule has 0 spiro atoms. The molecule has 0 aromatic heterocycles. The Labute approximate surface area is 116 Å². The Hall–Kier alpha value is -2.82. The molecule has 0 atom stereocenters. The summed E-state index contributed by atoms with van der Waals surface area (Å²) in [5, 5.41) is 24.9. The van der Waals surface area contributed by atoms with Crippen LogP contribution in [0.2, 0.25) is 0 Å². The smallest absolute Gasteiger partial charge is 0.139 e. The van der Waals surface area contributed by atoms with Crippen molar-refractivity contribution < 1.29 is 15.2 Å². The number of nitrogens with zero attached hydrogens (tertiary/aromatic N) is 2. The maximum absolute atomic E-state index is 9.23. The van der Waals surface area contributed by atoms with Gasteiger partial charge in [0, 0.05) is 11.1 Å². The van der Waals surface area contributed by atoms with Gasteiger partial charge in [-0.1, -0.05) is 40.6 Å². The maximum atomic E-state index is 9.23. The van der Waals surface area contributed by atoms with E-state index in [9.17, 15) is 10.4 Å². The van der Waals surface area contributed by atoms with Gasteiger partial charge in [0.2, 0.25) is 0 Å². The van der Waals surface area contributed by atoms with Crippen LogP contribution in [0.5, 0.6) is 5.75 Å². The average molecular weight is 270 g/mol. The standard InChI is InChI=1S/C15H14N2O3/c1-20-13-9-7-12(8-10-13)15(17-19)14(16-18)11-5-3-2-4-6-11/h2-10,18-19H,1H3/b16-14-,17-15+. The highest BCUT2D eigenvalue weighted by Crippen LogP contribution is 2.15. The minimum absolute atomic E-state index is 0.182. The van der Waals surface area contributed by atoms with E-state index in [1.165, 1.54) is 0 Å². The van der Waals surface area contributed by atoms with Crippen molar-refractivity contribution in [3.63, 3.8) is 0 Å². The highest BCUT2D eigenvalue weighted by molar-refractivity contribution is 6.53. The molecule has 0 amide bonds. The molecular formula is C15H14N2O3. The van der Waals surface area contributed by atoms with Crippen LogP contribution in [0.25, 0.3) is 0 Å². The zero-order valence-corrected chi connectivity index (χ0v) is 10.9. The molecule has 0 aliphatic rings. The van der Waals surface area contributed by atoms with E-state index in [1.54, 1.807) is 43.5 Å². The van der Waals surface area contributed by atoms with Crippen molar-refractivity contribution in [1.29, 1.82) is 0 Å². The minimum atomic E-state index is 0.182. The van der Waals surface area contributed by atoms with Gasteiger partial charge in [-0.25, -0.2) is 0 Å². The number of rotatable bonds is 4. The van der Waals surface area contributed by atoms with Crippen LogP contribution in [0.15, 0.2) is 64.9 Å². The van der Waals surface area contributed by atoms with E-state index in [1.807, 2.05) is 18.2 Å². The maximum Gasteiger partial charge on any atom is 0.139 e. The molecule has 0 fully saturated rings. The normalized spacial score (nSPS) is 12.2. The third kappa shape index (κ3) is 2.77. The van der Waals surface area contributed by atoms with E-state index in [0.29, 0.717) is 16.9 Å². The molecule has 0 aliphatic carbocycles. The predicted octanol–water partition coefficient (Wildman–Crippen LogP) is 2.75. The van der Waals surface area contributed by atoms with E-state index in [0.717, 1.165) is 0 Å². The third-order valence-corrected chi connectivity index (χ3v) is 2.83. The average Bonchev–Trinajstić information content (AvgIpc) is 2.53.